The lowest BCUT2D eigenvalue weighted by Crippen LogP contribution is -1.90. The summed E-state index contributed by atoms with van der Waals surface area (Å²) in [5, 5.41) is 0.298. The van der Waals surface area contributed by atoms with Gasteiger partial charge in [0.2, 0.25) is 0 Å². The molecule has 1 heterocycles. The smallest absolute Gasteiger partial charge is 0.181 e. The van der Waals surface area contributed by atoms with Crippen molar-refractivity contribution in [1.82, 2.24) is 4.98 Å². The van der Waals surface area contributed by atoms with E-state index in [9.17, 15) is 4.55 Å². The van der Waals surface area contributed by atoms with Crippen LogP contribution in [0.2, 0.25) is 5.15 Å². The van der Waals surface area contributed by atoms with Gasteiger partial charge >= 0.3 is 0 Å². The molecule has 1 atom stereocenters. The molecule has 1 aromatic rings. The molecule has 0 N–H and O–H groups in total. The van der Waals surface area contributed by atoms with E-state index in [4.69, 9.17) is 22.3 Å². The Morgan fingerprint density at radius 3 is 2.70 bits per heavy atom. The molecule has 0 radical (unpaired) electrons. The van der Waals surface area contributed by atoms with Crippen LogP contribution in [0, 0.1) is 0 Å². The second kappa shape index (κ2) is 3.44. The Hall–Kier alpha value is 0.0400. The summed E-state index contributed by atoms with van der Waals surface area (Å²) in [6.07, 6.45) is 1.46. The lowest BCUT2D eigenvalue weighted by Gasteiger charge is -1.97. The van der Waals surface area contributed by atoms with Crippen LogP contribution in [0.25, 0.3) is 0 Å². The third-order valence-electron chi connectivity index (χ3n) is 0.883. The number of aromatic nitrogens is 1. The largest absolute Gasteiger partial charge is 0.594 e. The van der Waals surface area contributed by atoms with Gasteiger partial charge in [0.25, 0.3) is 0 Å². The van der Waals surface area contributed by atoms with E-state index in [1.807, 2.05) is 0 Å². The topological polar surface area (TPSA) is 36.0 Å². The Kier molecular flexibility index (Phi) is 2.80. The molecule has 0 spiro atoms. The summed E-state index contributed by atoms with van der Waals surface area (Å²) in [4.78, 5) is 4.17. The number of hydrogen-bond donors (Lipinski definition) is 0. The van der Waals surface area contributed by atoms with Crippen molar-refractivity contribution in [3.8, 4) is 0 Å². The van der Waals surface area contributed by atoms with E-state index in [1.165, 1.54) is 12.3 Å². The molecule has 1 aromatic heterocycles. The standard InChI is InChI=1S/C5H3Cl2NOS/c6-5-3-4(10(7)9)1-2-8-5/h1-3H. The Bertz CT molecular complexity index is 231. The molecule has 0 amide bonds. The van der Waals surface area contributed by atoms with Crippen LogP contribution < -0.4 is 0 Å². The molecule has 0 aromatic carbocycles. The van der Waals surface area contributed by atoms with Gasteiger partial charge in [0.1, 0.15) is 15.5 Å². The first-order valence-electron chi connectivity index (χ1n) is 2.40. The summed E-state index contributed by atoms with van der Waals surface area (Å²) >= 11 is 5.48. The first-order valence-corrected chi connectivity index (χ1v) is 4.75. The van der Waals surface area contributed by atoms with Crippen molar-refractivity contribution in [2.75, 3.05) is 0 Å². The van der Waals surface area contributed by atoms with Gasteiger partial charge in [-0.25, -0.2) is 4.98 Å². The quantitative estimate of drug-likeness (QED) is 0.508. The molecule has 0 aliphatic heterocycles. The van der Waals surface area contributed by atoms with Crippen LogP contribution in [0.15, 0.2) is 23.2 Å². The summed E-state index contributed by atoms with van der Waals surface area (Å²) in [7, 11) is 3.77. The highest BCUT2D eigenvalue weighted by atomic mass is 35.7. The SMILES string of the molecule is [O-][S+](Cl)c1ccnc(Cl)c1. The molecule has 2 nitrogen and oxygen atoms in total. The molecule has 1 unspecified atom stereocenters. The van der Waals surface area contributed by atoms with E-state index in [0.29, 0.717) is 10.0 Å². The van der Waals surface area contributed by atoms with Crippen LogP contribution in [0.3, 0.4) is 0 Å². The zero-order chi connectivity index (χ0) is 7.56. The lowest BCUT2D eigenvalue weighted by molar-refractivity contribution is 0.608. The fourth-order valence-electron chi connectivity index (χ4n) is 0.485. The second-order valence-corrected chi connectivity index (χ2v) is 3.68. The number of halogens is 2. The fraction of sp³-hybridized carbons (Fsp3) is 0. The normalized spacial score (nSPS) is 13.1. The van der Waals surface area contributed by atoms with Gasteiger partial charge in [-0.3, -0.25) is 0 Å². The van der Waals surface area contributed by atoms with Crippen LogP contribution >= 0.6 is 22.3 Å². The molecule has 0 fully saturated rings. The summed E-state index contributed by atoms with van der Waals surface area (Å²) in [5.41, 5.74) is 0. The van der Waals surface area contributed by atoms with Crippen LogP contribution in [0.4, 0.5) is 0 Å². The first-order chi connectivity index (χ1) is 4.70. The van der Waals surface area contributed by atoms with Crippen LogP contribution in [-0.2, 0) is 10.4 Å². The lowest BCUT2D eigenvalue weighted by atomic mass is 10.5. The number of nitrogens with zero attached hydrogens (tertiary/aromatic N) is 1. The molecular weight excluding hydrogens is 193 g/mol. The van der Waals surface area contributed by atoms with E-state index in [1.54, 1.807) is 6.07 Å². The van der Waals surface area contributed by atoms with Crippen molar-refractivity contribution in [3.05, 3.63) is 23.5 Å². The Balaban J connectivity index is 2.96. The predicted molar refractivity (Wildman–Crippen MR) is 41.5 cm³/mol. The van der Waals surface area contributed by atoms with Crippen molar-refractivity contribution in [3.63, 3.8) is 0 Å². The minimum atomic E-state index is -1.49. The minimum Gasteiger partial charge on any atom is -0.594 e. The van der Waals surface area contributed by atoms with Crippen molar-refractivity contribution in [2.45, 2.75) is 4.90 Å². The van der Waals surface area contributed by atoms with E-state index >= 15 is 0 Å². The van der Waals surface area contributed by atoms with Crippen molar-refractivity contribution >= 4 is 32.7 Å². The summed E-state index contributed by atoms with van der Waals surface area (Å²) < 4.78 is 10.6. The predicted octanol–water partition coefficient (Wildman–Crippen LogP) is 2.00. The van der Waals surface area contributed by atoms with E-state index < -0.39 is 10.4 Å². The van der Waals surface area contributed by atoms with Gasteiger partial charge in [-0.05, 0) is 0 Å². The highest BCUT2D eigenvalue weighted by Crippen LogP contribution is 2.16. The van der Waals surface area contributed by atoms with E-state index in [-0.39, 0.29) is 0 Å². The number of rotatable bonds is 1. The highest BCUT2D eigenvalue weighted by Gasteiger charge is 2.07. The average molecular weight is 196 g/mol. The van der Waals surface area contributed by atoms with E-state index in [0.717, 1.165) is 0 Å². The number of pyridine rings is 1. The second-order valence-electron chi connectivity index (χ2n) is 1.54. The zero-order valence-electron chi connectivity index (χ0n) is 4.75. The van der Waals surface area contributed by atoms with Gasteiger partial charge in [-0.1, -0.05) is 11.6 Å². The molecule has 0 saturated carbocycles. The van der Waals surface area contributed by atoms with Gasteiger partial charge < -0.3 is 4.55 Å². The molecule has 5 heteroatoms. The van der Waals surface area contributed by atoms with Gasteiger partial charge in [0.05, 0.1) is 0 Å². The maximum Gasteiger partial charge on any atom is 0.181 e. The minimum absolute atomic E-state index is 0.298. The van der Waals surface area contributed by atoms with Crippen molar-refractivity contribution in [2.24, 2.45) is 0 Å². The highest BCUT2D eigenvalue weighted by molar-refractivity contribution is 8.13. The molecular formula is C5H3Cl2NOS. The first kappa shape index (κ1) is 8.14. The molecule has 54 valence electrons. The Labute approximate surface area is 70.9 Å². The van der Waals surface area contributed by atoms with Crippen LogP contribution in [-0.4, -0.2) is 9.54 Å². The maximum absolute atomic E-state index is 10.6. The van der Waals surface area contributed by atoms with E-state index in [2.05, 4.69) is 4.98 Å². The third-order valence-corrected chi connectivity index (χ3v) is 2.25. The summed E-state index contributed by atoms with van der Waals surface area (Å²) in [6, 6.07) is 3.01. The van der Waals surface area contributed by atoms with Crippen molar-refractivity contribution in [1.29, 1.82) is 0 Å². The van der Waals surface area contributed by atoms with Gasteiger partial charge in [0.15, 0.2) is 15.6 Å². The number of hydrogen-bond acceptors (Lipinski definition) is 2. The van der Waals surface area contributed by atoms with Gasteiger partial charge in [0, 0.05) is 18.3 Å². The monoisotopic (exact) mass is 195 g/mol. The average Bonchev–Trinajstić information content (AvgIpc) is 1.88. The Morgan fingerprint density at radius 1 is 1.60 bits per heavy atom. The molecule has 1 rings (SSSR count). The molecule has 0 aliphatic rings. The van der Waals surface area contributed by atoms with Crippen LogP contribution in [0.1, 0.15) is 0 Å². The van der Waals surface area contributed by atoms with Gasteiger partial charge in [-0.2, -0.15) is 0 Å². The van der Waals surface area contributed by atoms with Crippen molar-refractivity contribution < 1.29 is 4.55 Å². The third kappa shape index (κ3) is 2.02. The summed E-state index contributed by atoms with van der Waals surface area (Å²) in [6.45, 7) is 0. The molecule has 0 saturated heterocycles. The maximum atomic E-state index is 10.6. The van der Waals surface area contributed by atoms with Gasteiger partial charge in [-0.15, -0.1) is 0 Å². The molecule has 0 bridgehead atoms. The molecule has 0 aliphatic carbocycles. The molecule has 10 heavy (non-hydrogen) atoms. The summed E-state index contributed by atoms with van der Waals surface area (Å²) in [5.74, 6) is 0. The van der Waals surface area contributed by atoms with Crippen LogP contribution in [0.5, 0.6) is 0 Å². The zero-order valence-corrected chi connectivity index (χ0v) is 7.08. The fourth-order valence-corrected chi connectivity index (χ4v) is 1.38. The Morgan fingerprint density at radius 2 is 2.30 bits per heavy atom.